The second-order valence-corrected chi connectivity index (χ2v) is 5.78. The zero-order chi connectivity index (χ0) is 16.1. The van der Waals surface area contributed by atoms with Gasteiger partial charge in [-0.05, 0) is 31.0 Å². The molecule has 0 bridgehead atoms. The Balaban J connectivity index is 1.69. The minimum absolute atomic E-state index is 0.240. The van der Waals surface area contributed by atoms with Crippen molar-refractivity contribution in [3.8, 4) is 0 Å². The molecule has 1 aromatic carbocycles. The van der Waals surface area contributed by atoms with Crippen LogP contribution >= 0.6 is 0 Å². The SMILES string of the molecule is O=C(O)c1cccc(Nc2cc(NC3CCCCC3)ncn2)c1. The molecule has 3 rings (SSSR count). The van der Waals surface area contributed by atoms with E-state index < -0.39 is 5.97 Å². The fourth-order valence-corrected chi connectivity index (χ4v) is 2.84. The van der Waals surface area contributed by atoms with E-state index in [9.17, 15) is 4.79 Å². The summed E-state index contributed by atoms with van der Waals surface area (Å²) >= 11 is 0. The van der Waals surface area contributed by atoms with Crippen molar-refractivity contribution in [2.45, 2.75) is 38.1 Å². The topological polar surface area (TPSA) is 87.1 Å². The van der Waals surface area contributed by atoms with Gasteiger partial charge in [-0.1, -0.05) is 25.3 Å². The highest BCUT2D eigenvalue weighted by Crippen LogP contribution is 2.22. The lowest BCUT2D eigenvalue weighted by Crippen LogP contribution is -2.22. The van der Waals surface area contributed by atoms with Crippen LogP contribution in [0.15, 0.2) is 36.7 Å². The van der Waals surface area contributed by atoms with Crippen LogP contribution in [0.5, 0.6) is 0 Å². The summed E-state index contributed by atoms with van der Waals surface area (Å²) in [5.74, 6) is 0.487. The summed E-state index contributed by atoms with van der Waals surface area (Å²) < 4.78 is 0. The van der Waals surface area contributed by atoms with E-state index in [1.807, 2.05) is 12.1 Å². The number of carbonyl (C=O) groups is 1. The van der Waals surface area contributed by atoms with Crippen LogP contribution in [0.1, 0.15) is 42.5 Å². The van der Waals surface area contributed by atoms with E-state index in [0.29, 0.717) is 17.5 Å². The summed E-state index contributed by atoms with van der Waals surface area (Å²) in [7, 11) is 0. The molecule has 23 heavy (non-hydrogen) atoms. The van der Waals surface area contributed by atoms with E-state index in [1.54, 1.807) is 18.2 Å². The molecule has 0 aliphatic heterocycles. The zero-order valence-electron chi connectivity index (χ0n) is 12.8. The molecule has 0 amide bonds. The number of hydrogen-bond acceptors (Lipinski definition) is 5. The molecule has 120 valence electrons. The van der Waals surface area contributed by atoms with Crippen molar-refractivity contribution in [2.24, 2.45) is 0 Å². The number of anilines is 3. The van der Waals surface area contributed by atoms with Gasteiger partial charge in [0.2, 0.25) is 0 Å². The monoisotopic (exact) mass is 312 g/mol. The maximum Gasteiger partial charge on any atom is 0.335 e. The highest BCUT2D eigenvalue weighted by Gasteiger charge is 2.13. The summed E-state index contributed by atoms with van der Waals surface area (Å²) in [4.78, 5) is 19.5. The van der Waals surface area contributed by atoms with Gasteiger partial charge >= 0.3 is 5.97 Å². The molecular weight excluding hydrogens is 292 g/mol. The van der Waals surface area contributed by atoms with E-state index >= 15 is 0 Å². The van der Waals surface area contributed by atoms with Crippen LogP contribution in [0.3, 0.4) is 0 Å². The lowest BCUT2D eigenvalue weighted by Gasteiger charge is -2.23. The predicted molar refractivity (Wildman–Crippen MR) is 89.2 cm³/mol. The van der Waals surface area contributed by atoms with Crippen molar-refractivity contribution in [3.63, 3.8) is 0 Å². The number of hydrogen-bond donors (Lipinski definition) is 3. The van der Waals surface area contributed by atoms with Crippen LogP contribution < -0.4 is 10.6 Å². The lowest BCUT2D eigenvalue weighted by atomic mass is 9.95. The second kappa shape index (κ2) is 7.09. The third kappa shape index (κ3) is 4.18. The maximum atomic E-state index is 11.0. The second-order valence-electron chi connectivity index (χ2n) is 5.78. The molecule has 6 heteroatoms. The highest BCUT2D eigenvalue weighted by molar-refractivity contribution is 5.89. The van der Waals surface area contributed by atoms with E-state index in [-0.39, 0.29) is 5.56 Å². The van der Waals surface area contributed by atoms with Gasteiger partial charge in [-0.25, -0.2) is 14.8 Å². The number of aromatic carboxylic acids is 1. The van der Waals surface area contributed by atoms with E-state index in [4.69, 9.17) is 5.11 Å². The third-order valence-electron chi connectivity index (χ3n) is 4.01. The number of carboxylic acids is 1. The van der Waals surface area contributed by atoms with Crippen molar-refractivity contribution < 1.29 is 9.90 Å². The summed E-state index contributed by atoms with van der Waals surface area (Å²) in [5, 5.41) is 15.6. The van der Waals surface area contributed by atoms with Gasteiger partial charge in [-0.2, -0.15) is 0 Å². The molecule has 0 unspecified atom stereocenters. The van der Waals surface area contributed by atoms with Crippen LogP contribution in [-0.4, -0.2) is 27.1 Å². The largest absolute Gasteiger partial charge is 0.478 e. The average molecular weight is 312 g/mol. The van der Waals surface area contributed by atoms with Crippen molar-refractivity contribution in [1.29, 1.82) is 0 Å². The first-order chi connectivity index (χ1) is 11.2. The van der Waals surface area contributed by atoms with Gasteiger partial charge in [-0.3, -0.25) is 0 Å². The fourth-order valence-electron chi connectivity index (χ4n) is 2.84. The fraction of sp³-hybridized carbons (Fsp3) is 0.353. The molecule has 0 saturated heterocycles. The molecule has 0 atom stereocenters. The third-order valence-corrected chi connectivity index (χ3v) is 4.01. The number of nitrogens with zero attached hydrogens (tertiary/aromatic N) is 2. The van der Waals surface area contributed by atoms with Crippen LogP contribution in [0.4, 0.5) is 17.3 Å². The summed E-state index contributed by atoms with van der Waals surface area (Å²) in [6.45, 7) is 0. The Morgan fingerprint density at radius 3 is 2.65 bits per heavy atom. The molecule has 1 heterocycles. The number of nitrogens with one attached hydrogen (secondary N) is 2. The molecule has 2 aromatic rings. The van der Waals surface area contributed by atoms with Crippen molar-refractivity contribution in [2.75, 3.05) is 10.6 Å². The van der Waals surface area contributed by atoms with Gasteiger partial charge in [0.25, 0.3) is 0 Å². The minimum Gasteiger partial charge on any atom is -0.478 e. The van der Waals surface area contributed by atoms with E-state index in [1.165, 1.54) is 38.4 Å². The first-order valence-electron chi connectivity index (χ1n) is 7.90. The average Bonchev–Trinajstić information content (AvgIpc) is 2.56. The Bertz CT molecular complexity index is 684. The van der Waals surface area contributed by atoms with Gasteiger partial charge in [0.05, 0.1) is 5.56 Å². The Morgan fingerprint density at radius 1 is 1.09 bits per heavy atom. The first kappa shape index (κ1) is 15.3. The minimum atomic E-state index is -0.948. The van der Waals surface area contributed by atoms with Gasteiger partial charge in [0.15, 0.2) is 0 Å². The van der Waals surface area contributed by atoms with Gasteiger partial charge in [-0.15, -0.1) is 0 Å². The van der Waals surface area contributed by atoms with Crippen molar-refractivity contribution >= 4 is 23.3 Å². The van der Waals surface area contributed by atoms with Crippen LogP contribution in [-0.2, 0) is 0 Å². The molecule has 1 saturated carbocycles. The Hall–Kier alpha value is -2.63. The standard InChI is InChI=1S/C17H20N4O2/c22-17(23)12-5-4-8-14(9-12)21-16-10-15(18-11-19-16)20-13-6-2-1-3-7-13/h4-5,8-11,13H,1-3,6-7H2,(H,22,23)(H2,18,19,20,21). The summed E-state index contributed by atoms with van der Waals surface area (Å²) in [6, 6.07) is 8.98. The first-order valence-corrected chi connectivity index (χ1v) is 7.90. The maximum absolute atomic E-state index is 11.0. The molecule has 1 aromatic heterocycles. The van der Waals surface area contributed by atoms with Crippen LogP contribution in [0.2, 0.25) is 0 Å². The molecule has 0 spiro atoms. The van der Waals surface area contributed by atoms with Crippen LogP contribution in [0.25, 0.3) is 0 Å². The van der Waals surface area contributed by atoms with E-state index in [2.05, 4.69) is 20.6 Å². The normalized spacial score (nSPS) is 15.1. The Morgan fingerprint density at radius 2 is 1.87 bits per heavy atom. The number of carboxylic acid groups (broad SMARTS) is 1. The van der Waals surface area contributed by atoms with Crippen molar-refractivity contribution in [3.05, 3.63) is 42.2 Å². The lowest BCUT2D eigenvalue weighted by molar-refractivity contribution is 0.0697. The predicted octanol–water partition coefficient (Wildman–Crippen LogP) is 3.66. The number of aromatic nitrogens is 2. The van der Waals surface area contributed by atoms with E-state index in [0.717, 1.165) is 5.82 Å². The van der Waals surface area contributed by atoms with Gasteiger partial charge in [0, 0.05) is 17.8 Å². The highest BCUT2D eigenvalue weighted by atomic mass is 16.4. The van der Waals surface area contributed by atoms with Crippen molar-refractivity contribution in [1.82, 2.24) is 9.97 Å². The quantitative estimate of drug-likeness (QED) is 0.781. The van der Waals surface area contributed by atoms with Gasteiger partial charge < -0.3 is 15.7 Å². The summed E-state index contributed by atoms with van der Waals surface area (Å²) in [5.41, 5.74) is 0.928. The molecular formula is C17H20N4O2. The number of benzene rings is 1. The molecule has 1 aliphatic rings. The molecule has 6 nitrogen and oxygen atoms in total. The Labute approximate surface area is 135 Å². The smallest absolute Gasteiger partial charge is 0.335 e. The molecule has 1 fully saturated rings. The molecule has 0 radical (unpaired) electrons. The molecule has 1 aliphatic carbocycles. The zero-order valence-corrected chi connectivity index (χ0v) is 12.8. The molecule has 3 N–H and O–H groups in total. The Kier molecular flexibility index (Phi) is 4.71. The van der Waals surface area contributed by atoms with Gasteiger partial charge in [0.1, 0.15) is 18.0 Å². The number of rotatable bonds is 5. The summed E-state index contributed by atoms with van der Waals surface area (Å²) in [6.07, 6.45) is 7.69. The van der Waals surface area contributed by atoms with Crippen LogP contribution in [0, 0.1) is 0 Å².